The van der Waals surface area contributed by atoms with E-state index in [0.717, 1.165) is 15.4 Å². The first-order chi connectivity index (χ1) is 10.2. The Bertz CT molecular complexity index is 771. The minimum absolute atomic E-state index is 0.202. The van der Waals surface area contributed by atoms with Gasteiger partial charge in [-0.25, -0.2) is 4.79 Å². The normalized spacial score (nSPS) is 10.5. The first-order valence-corrected chi connectivity index (χ1v) is 7.04. The number of ether oxygens (including phenoxy) is 1. The molecule has 0 unspecified atom stereocenters. The molecule has 0 atom stereocenters. The first kappa shape index (κ1) is 13.6. The molecule has 5 nitrogen and oxygen atoms in total. The van der Waals surface area contributed by atoms with Gasteiger partial charge in [-0.05, 0) is 23.8 Å². The van der Waals surface area contributed by atoms with E-state index in [-0.39, 0.29) is 6.61 Å². The van der Waals surface area contributed by atoms with E-state index < -0.39 is 6.09 Å². The number of halogens is 1. The van der Waals surface area contributed by atoms with E-state index in [1.54, 1.807) is 6.07 Å². The summed E-state index contributed by atoms with van der Waals surface area (Å²) in [4.78, 5) is 11.8. The van der Waals surface area contributed by atoms with Crippen molar-refractivity contribution in [3.8, 4) is 0 Å². The Kier molecular flexibility index (Phi) is 3.87. The van der Waals surface area contributed by atoms with Gasteiger partial charge in [-0.15, -0.1) is 0 Å². The molecule has 106 valence electrons. The zero-order valence-electron chi connectivity index (χ0n) is 10.9. The zero-order valence-corrected chi connectivity index (χ0v) is 12.5. The van der Waals surface area contributed by atoms with Gasteiger partial charge in [-0.2, -0.15) is 0 Å². The molecule has 3 aromatic rings. The number of fused-ring (bicyclic) bond motifs is 1. The predicted molar refractivity (Wildman–Crippen MR) is 82.0 cm³/mol. The Morgan fingerprint density at radius 3 is 2.86 bits per heavy atom. The number of aromatic nitrogens is 1. The number of nitrogens with zero attached hydrogens (tertiary/aromatic N) is 1. The number of anilines is 1. The van der Waals surface area contributed by atoms with Crippen LogP contribution in [0, 0.1) is 0 Å². The highest BCUT2D eigenvalue weighted by Crippen LogP contribution is 2.25. The average Bonchev–Trinajstić information content (AvgIpc) is 2.88. The summed E-state index contributed by atoms with van der Waals surface area (Å²) in [7, 11) is 0. The molecule has 0 radical (unpaired) electrons. The lowest BCUT2D eigenvalue weighted by Gasteiger charge is -2.04. The largest absolute Gasteiger partial charge is 0.444 e. The van der Waals surface area contributed by atoms with Crippen molar-refractivity contribution in [2.75, 3.05) is 5.32 Å². The summed E-state index contributed by atoms with van der Waals surface area (Å²) in [5.41, 5.74) is 1.50. The maximum absolute atomic E-state index is 11.8. The first-order valence-electron chi connectivity index (χ1n) is 6.25. The molecule has 1 heterocycles. The van der Waals surface area contributed by atoms with Crippen LogP contribution < -0.4 is 5.32 Å². The van der Waals surface area contributed by atoms with Gasteiger partial charge in [-0.1, -0.05) is 51.4 Å². The standard InChI is InChI=1S/C15H11BrN2O3/c16-11-6-7-12-13(8-11)21-18-14(12)17-15(19)20-9-10-4-2-1-3-5-10/h1-8H,9H2,(H,17,18,19). The maximum atomic E-state index is 11.8. The third-order valence-corrected chi connectivity index (χ3v) is 3.36. The highest BCUT2D eigenvalue weighted by atomic mass is 79.9. The second-order valence-electron chi connectivity index (χ2n) is 4.36. The van der Waals surface area contributed by atoms with Crippen molar-refractivity contribution in [2.24, 2.45) is 0 Å². The minimum atomic E-state index is -0.572. The van der Waals surface area contributed by atoms with Gasteiger partial charge in [0.05, 0.1) is 5.39 Å². The lowest BCUT2D eigenvalue weighted by atomic mass is 10.2. The van der Waals surface area contributed by atoms with Gasteiger partial charge in [0.1, 0.15) is 6.61 Å². The number of nitrogens with one attached hydrogen (secondary N) is 1. The summed E-state index contributed by atoms with van der Waals surface area (Å²) in [6.45, 7) is 0.202. The van der Waals surface area contributed by atoms with E-state index >= 15 is 0 Å². The highest BCUT2D eigenvalue weighted by Gasteiger charge is 2.12. The molecular weight excluding hydrogens is 336 g/mol. The Labute approximate surface area is 129 Å². The van der Waals surface area contributed by atoms with Crippen molar-refractivity contribution in [1.29, 1.82) is 0 Å². The Hall–Kier alpha value is -2.34. The van der Waals surface area contributed by atoms with Crippen LogP contribution in [0.15, 0.2) is 57.5 Å². The summed E-state index contributed by atoms with van der Waals surface area (Å²) < 4.78 is 11.2. The molecule has 3 rings (SSSR count). The van der Waals surface area contributed by atoms with Gasteiger partial charge in [0, 0.05) is 4.47 Å². The Morgan fingerprint density at radius 2 is 2.05 bits per heavy atom. The molecule has 0 spiro atoms. The van der Waals surface area contributed by atoms with Gasteiger partial charge in [0.2, 0.25) is 0 Å². The molecule has 0 saturated carbocycles. The van der Waals surface area contributed by atoms with Crippen LogP contribution >= 0.6 is 15.9 Å². The fraction of sp³-hybridized carbons (Fsp3) is 0.0667. The van der Waals surface area contributed by atoms with E-state index in [9.17, 15) is 4.79 Å². The third kappa shape index (κ3) is 3.22. The van der Waals surface area contributed by atoms with Crippen LogP contribution in [0.4, 0.5) is 10.6 Å². The zero-order chi connectivity index (χ0) is 14.7. The number of hydrogen-bond donors (Lipinski definition) is 1. The van der Waals surface area contributed by atoms with Gasteiger partial charge < -0.3 is 9.26 Å². The molecule has 6 heteroatoms. The van der Waals surface area contributed by atoms with Crippen molar-refractivity contribution < 1.29 is 14.1 Å². The highest BCUT2D eigenvalue weighted by molar-refractivity contribution is 9.10. The van der Waals surface area contributed by atoms with Crippen molar-refractivity contribution in [1.82, 2.24) is 5.16 Å². The molecule has 21 heavy (non-hydrogen) atoms. The molecule has 0 aliphatic heterocycles. The molecule has 0 bridgehead atoms. The molecule has 2 aromatic carbocycles. The number of carbonyl (C=O) groups excluding carboxylic acids is 1. The predicted octanol–water partition coefficient (Wildman–Crippen LogP) is 4.34. The number of benzene rings is 2. The van der Waals surface area contributed by atoms with Crippen LogP contribution in [-0.4, -0.2) is 11.2 Å². The van der Waals surface area contributed by atoms with Crippen LogP contribution in [0.1, 0.15) is 5.56 Å². The number of amides is 1. The lowest BCUT2D eigenvalue weighted by Crippen LogP contribution is -2.13. The van der Waals surface area contributed by atoms with E-state index in [0.29, 0.717) is 11.4 Å². The average molecular weight is 347 g/mol. The summed E-state index contributed by atoms with van der Waals surface area (Å²) in [6.07, 6.45) is -0.572. The summed E-state index contributed by atoms with van der Waals surface area (Å²) in [5, 5.41) is 7.11. The Morgan fingerprint density at radius 1 is 1.24 bits per heavy atom. The van der Waals surface area contributed by atoms with Crippen molar-refractivity contribution in [3.63, 3.8) is 0 Å². The van der Waals surface area contributed by atoms with Crippen LogP contribution in [0.2, 0.25) is 0 Å². The van der Waals surface area contributed by atoms with Gasteiger partial charge in [0.25, 0.3) is 0 Å². The molecule has 1 N–H and O–H groups in total. The fourth-order valence-corrected chi connectivity index (χ4v) is 2.20. The quantitative estimate of drug-likeness (QED) is 0.766. The summed E-state index contributed by atoms with van der Waals surface area (Å²) in [6, 6.07) is 14.9. The molecule has 0 fully saturated rings. The molecule has 0 aliphatic carbocycles. The number of hydrogen-bond acceptors (Lipinski definition) is 4. The van der Waals surface area contributed by atoms with Crippen molar-refractivity contribution in [2.45, 2.75) is 6.61 Å². The maximum Gasteiger partial charge on any atom is 0.413 e. The summed E-state index contributed by atoms with van der Waals surface area (Å²) >= 11 is 3.34. The second-order valence-corrected chi connectivity index (χ2v) is 5.27. The summed E-state index contributed by atoms with van der Waals surface area (Å²) in [5.74, 6) is 0.343. The van der Waals surface area contributed by atoms with Crippen LogP contribution in [0.3, 0.4) is 0 Å². The van der Waals surface area contributed by atoms with E-state index in [1.807, 2.05) is 42.5 Å². The minimum Gasteiger partial charge on any atom is -0.444 e. The van der Waals surface area contributed by atoms with Crippen LogP contribution in [0.5, 0.6) is 0 Å². The van der Waals surface area contributed by atoms with Gasteiger partial charge >= 0.3 is 6.09 Å². The Balaban J connectivity index is 1.66. The van der Waals surface area contributed by atoms with Gasteiger partial charge in [-0.3, -0.25) is 5.32 Å². The van der Waals surface area contributed by atoms with Crippen molar-refractivity contribution >= 4 is 38.8 Å². The number of carbonyl (C=O) groups is 1. The van der Waals surface area contributed by atoms with Crippen LogP contribution in [0.25, 0.3) is 11.0 Å². The van der Waals surface area contributed by atoms with E-state index in [1.165, 1.54) is 0 Å². The third-order valence-electron chi connectivity index (χ3n) is 2.87. The fourth-order valence-electron chi connectivity index (χ4n) is 1.86. The van der Waals surface area contributed by atoms with E-state index in [4.69, 9.17) is 9.26 Å². The second kappa shape index (κ2) is 5.97. The molecule has 1 amide bonds. The van der Waals surface area contributed by atoms with E-state index in [2.05, 4.69) is 26.4 Å². The lowest BCUT2D eigenvalue weighted by molar-refractivity contribution is 0.155. The monoisotopic (exact) mass is 346 g/mol. The molecule has 0 aliphatic rings. The van der Waals surface area contributed by atoms with Crippen LogP contribution in [-0.2, 0) is 11.3 Å². The molecule has 1 aromatic heterocycles. The number of rotatable bonds is 3. The smallest absolute Gasteiger partial charge is 0.413 e. The van der Waals surface area contributed by atoms with Crippen molar-refractivity contribution in [3.05, 3.63) is 58.6 Å². The topological polar surface area (TPSA) is 64.4 Å². The SMILES string of the molecule is O=C(Nc1noc2cc(Br)ccc12)OCc1ccccc1. The van der Waals surface area contributed by atoms with Gasteiger partial charge in [0.15, 0.2) is 11.4 Å². The molecule has 0 saturated heterocycles. The molecular formula is C15H11BrN2O3.